The van der Waals surface area contributed by atoms with Crippen LogP contribution in [0.4, 0.5) is 5.69 Å². The SMILES string of the molecule is CC1=C(C(=O)OC2CCCC2)C(c2cccc(N=O)c2)C2=C(CC(c3c(C)cc(C)cc3C)CC2=O)N1. The molecule has 1 aliphatic heterocycles. The van der Waals surface area contributed by atoms with Gasteiger partial charge in [0.1, 0.15) is 11.8 Å². The van der Waals surface area contributed by atoms with E-state index in [9.17, 15) is 14.5 Å². The maximum Gasteiger partial charge on any atom is 0.337 e. The zero-order valence-corrected chi connectivity index (χ0v) is 22.0. The van der Waals surface area contributed by atoms with Crippen molar-refractivity contribution in [3.05, 3.63) is 91.7 Å². The number of carbonyl (C=O) groups excluding carboxylic acids is 2. The summed E-state index contributed by atoms with van der Waals surface area (Å²) in [6.07, 6.45) is 4.80. The maximum absolute atomic E-state index is 13.9. The van der Waals surface area contributed by atoms with Crippen LogP contribution in [0, 0.1) is 25.7 Å². The van der Waals surface area contributed by atoms with E-state index in [1.807, 2.05) is 13.0 Å². The number of rotatable bonds is 5. The molecule has 1 saturated carbocycles. The number of benzene rings is 2. The lowest BCUT2D eigenvalue weighted by Crippen LogP contribution is -2.36. The van der Waals surface area contributed by atoms with Crippen molar-refractivity contribution in [3.63, 3.8) is 0 Å². The van der Waals surface area contributed by atoms with E-state index >= 15 is 0 Å². The fraction of sp³-hybridized carbons (Fsp3) is 0.419. The fourth-order valence-electron chi connectivity index (χ4n) is 6.66. The number of hydrogen-bond acceptors (Lipinski definition) is 6. The Morgan fingerprint density at radius 3 is 2.38 bits per heavy atom. The smallest absolute Gasteiger partial charge is 0.337 e. The van der Waals surface area contributed by atoms with E-state index in [0.29, 0.717) is 35.2 Å². The van der Waals surface area contributed by atoms with Gasteiger partial charge in [-0.3, -0.25) is 4.79 Å². The normalized spacial score (nSPS) is 22.1. The maximum atomic E-state index is 13.9. The highest BCUT2D eigenvalue weighted by Gasteiger charge is 2.42. The van der Waals surface area contributed by atoms with Crippen LogP contribution in [0.15, 0.2) is 64.1 Å². The standard InChI is InChI=1S/C31H34N2O4/c1-17-12-18(2)27(19(3)13-17)22-15-25-30(26(34)16-22)29(21-8-7-9-23(14-21)33-36)28(20(4)32-25)31(35)37-24-10-5-6-11-24/h7-9,12-14,22,24,29,32H,5-6,10-11,15-16H2,1-4H3. The lowest BCUT2D eigenvalue weighted by molar-refractivity contribution is -0.144. The van der Waals surface area contributed by atoms with Crippen molar-refractivity contribution in [1.82, 2.24) is 5.32 Å². The highest BCUT2D eigenvalue weighted by molar-refractivity contribution is 6.04. The second-order valence-electron chi connectivity index (χ2n) is 10.8. The molecule has 0 amide bonds. The molecule has 1 fully saturated rings. The van der Waals surface area contributed by atoms with E-state index in [4.69, 9.17) is 4.74 Å². The summed E-state index contributed by atoms with van der Waals surface area (Å²) in [6, 6.07) is 11.3. The monoisotopic (exact) mass is 498 g/mol. The highest BCUT2D eigenvalue weighted by atomic mass is 16.5. The van der Waals surface area contributed by atoms with Gasteiger partial charge in [0.2, 0.25) is 0 Å². The van der Waals surface area contributed by atoms with Gasteiger partial charge in [-0.1, -0.05) is 29.8 Å². The van der Waals surface area contributed by atoms with Crippen LogP contribution in [0.25, 0.3) is 0 Å². The van der Waals surface area contributed by atoms with Crippen molar-refractivity contribution in [2.24, 2.45) is 5.18 Å². The fourth-order valence-corrected chi connectivity index (χ4v) is 6.66. The van der Waals surface area contributed by atoms with E-state index in [-0.39, 0.29) is 23.5 Å². The van der Waals surface area contributed by atoms with Crippen molar-refractivity contribution in [2.75, 3.05) is 0 Å². The topological polar surface area (TPSA) is 84.8 Å². The Morgan fingerprint density at radius 2 is 1.70 bits per heavy atom. The Hall–Kier alpha value is -3.54. The van der Waals surface area contributed by atoms with Gasteiger partial charge in [-0.2, -0.15) is 0 Å². The lowest BCUT2D eigenvalue weighted by atomic mass is 9.70. The third kappa shape index (κ3) is 4.77. The minimum Gasteiger partial charge on any atom is -0.459 e. The van der Waals surface area contributed by atoms with Gasteiger partial charge in [0.25, 0.3) is 0 Å². The lowest BCUT2D eigenvalue weighted by Gasteiger charge is -2.37. The molecule has 0 aromatic heterocycles. The zero-order valence-electron chi connectivity index (χ0n) is 22.0. The number of ether oxygens (including phenoxy) is 1. The number of carbonyl (C=O) groups is 2. The van der Waals surface area contributed by atoms with Crippen molar-refractivity contribution in [2.45, 2.75) is 84.2 Å². The van der Waals surface area contributed by atoms with Gasteiger partial charge < -0.3 is 10.1 Å². The number of nitrogens with one attached hydrogen (secondary N) is 1. The van der Waals surface area contributed by atoms with E-state index in [0.717, 1.165) is 31.4 Å². The van der Waals surface area contributed by atoms with Gasteiger partial charge in [-0.05, 0) is 105 Å². The van der Waals surface area contributed by atoms with E-state index in [1.54, 1.807) is 18.2 Å². The number of esters is 1. The summed E-state index contributed by atoms with van der Waals surface area (Å²) < 4.78 is 5.92. The summed E-state index contributed by atoms with van der Waals surface area (Å²) in [5.74, 6) is -0.910. The minimum atomic E-state index is -0.597. The van der Waals surface area contributed by atoms with Crippen LogP contribution < -0.4 is 5.32 Å². The first kappa shape index (κ1) is 25.1. The first-order chi connectivity index (χ1) is 17.8. The average molecular weight is 499 g/mol. The summed E-state index contributed by atoms with van der Waals surface area (Å²) in [6.45, 7) is 8.19. The highest BCUT2D eigenvalue weighted by Crippen LogP contribution is 2.47. The van der Waals surface area contributed by atoms with Gasteiger partial charge >= 0.3 is 5.97 Å². The minimum absolute atomic E-state index is 0.0197. The Kier molecular flexibility index (Phi) is 6.84. The van der Waals surface area contributed by atoms with Crippen LogP contribution in [-0.4, -0.2) is 17.9 Å². The largest absolute Gasteiger partial charge is 0.459 e. The van der Waals surface area contributed by atoms with Gasteiger partial charge in [0, 0.05) is 29.3 Å². The predicted molar refractivity (Wildman–Crippen MR) is 143 cm³/mol. The molecule has 2 aromatic carbocycles. The molecule has 6 nitrogen and oxygen atoms in total. The quantitative estimate of drug-likeness (QED) is 0.360. The number of nitrogens with zero attached hydrogens (tertiary/aromatic N) is 1. The summed E-state index contributed by atoms with van der Waals surface area (Å²) >= 11 is 0. The molecular formula is C31H34N2O4. The van der Waals surface area contributed by atoms with E-state index in [2.05, 4.69) is 43.4 Å². The summed E-state index contributed by atoms with van der Waals surface area (Å²) in [5, 5.41) is 6.54. The first-order valence-electron chi connectivity index (χ1n) is 13.2. The molecule has 6 heteroatoms. The Labute approximate surface area is 218 Å². The Bertz CT molecular complexity index is 1320. The molecule has 0 spiro atoms. The number of hydrogen-bond donors (Lipinski definition) is 1. The number of aryl methyl sites for hydroxylation is 3. The van der Waals surface area contributed by atoms with E-state index in [1.165, 1.54) is 22.3 Å². The molecule has 192 valence electrons. The molecule has 0 radical (unpaired) electrons. The van der Waals surface area contributed by atoms with Crippen LogP contribution in [0.3, 0.4) is 0 Å². The molecule has 3 aliphatic rings. The Balaban J connectivity index is 1.58. The van der Waals surface area contributed by atoms with Gasteiger partial charge in [-0.25, -0.2) is 4.79 Å². The second-order valence-corrected chi connectivity index (χ2v) is 10.8. The third-order valence-electron chi connectivity index (χ3n) is 8.08. The molecule has 37 heavy (non-hydrogen) atoms. The van der Waals surface area contributed by atoms with Gasteiger partial charge in [0.05, 0.1) is 5.57 Å². The number of nitroso groups, excluding NO2 is 1. The van der Waals surface area contributed by atoms with Crippen LogP contribution in [0.2, 0.25) is 0 Å². The van der Waals surface area contributed by atoms with E-state index < -0.39 is 11.9 Å². The molecule has 2 atom stereocenters. The molecule has 0 saturated heterocycles. The molecular weight excluding hydrogens is 464 g/mol. The average Bonchev–Trinajstić information content (AvgIpc) is 3.35. The van der Waals surface area contributed by atoms with Gasteiger partial charge in [0.15, 0.2) is 5.78 Å². The van der Waals surface area contributed by atoms with Crippen molar-refractivity contribution < 1.29 is 14.3 Å². The number of Topliss-reactive ketones (excluding diaryl/α,β-unsaturated/α-hetero) is 1. The molecule has 1 heterocycles. The number of dihydropyridines is 1. The Morgan fingerprint density at radius 1 is 1.00 bits per heavy atom. The molecule has 1 N–H and O–H groups in total. The third-order valence-corrected chi connectivity index (χ3v) is 8.08. The molecule has 2 aromatic rings. The molecule has 0 bridgehead atoms. The van der Waals surface area contributed by atoms with Crippen molar-refractivity contribution in [3.8, 4) is 0 Å². The van der Waals surface area contributed by atoms with Crippen LogP contribution in [0.5, 0.6) is 0 Å². The van der Waals surface area contributed by atoms with Crippen LogP contribution in [0.1, 0.15) is 85.1 Å². The van der Waals surface area contributed by atoms with Crippen molar-refractivity contribution >= 4 is 17.4 Å². The van der Waals surface area contributed by atoms with Crippen molar-refractivity contribution in [1.29, 1.82) is 0 Å². The summed E-state index contributed by atoms with van der Waals surface area (Å²) in [7, 11) is 0. The van der Waals surface area contributed by atoms with Crippen LogP contribution in [-0.2, 0) is 14.3 Å². The molecule has 5 rings (SSSR count). The molecule has 2 unspecified atom stereocenters. The molecule has 2 aliphatic carbocycles. The summed E-state index contributed by atoms with van der Waals surface area (Å²) in [4.78, 5) is 38.8. The number of allylic oxidation sites excluding steroid dienone is 3. The van der Waals surface area contributed by atoms with Gasteiger partial charge in [-0.15, -0.1) is 4.91 Å². The van der Waals surface area contributed by atoms with Crippen LogP contribution >= 0.6 is 0 Å². The first-order valence-corrected chi connectivity index (χ1v) is 13.2. The number of ketones is 1. The zero-order chi connectivity index (χ0) is 26.3. The predicted octanol–water partition coefficient (Wildman–Crippen LogP) is 6.86. The summed E-state index contributed by atoms with van der Waals surface area (Å²) in [5.41, 5.74) is 8.41. The second kappa shape index (κ2) is 10.1.